The number of carbonyl (C=O) groups is 2. The van der Waals surface area contributed by atoms with Crippen molar-refractivity contribution in [2.24, 2.45) is 0 Å². The molecule has 1 aliphatic heterocycles. The maximum Gasteiger partial charge on any atom is 0.303 e. The van der Waals surface area contributed by atoms with Crippen molar-refractivity contribution in [1.82, 2.24) is 10.2 Å². The Kier molecular flexibility index (Phi) is 12.8. The second kappa shape index (κ2) is 17.4. The number of hydrogen-bond donors (Lipinski definition) is 3. The molecule has 3 aromatic rings. The molecule has 47 heavy (non-hydrogen) atoms. The van der Waals surface area contributed by atoms with Gasteiger partial charge in [-0.15, -0.1) is 6.58 Å². The van der Waals surface area contributed by atoms with Crippen molar-refractivity contribution in [2.75, 3.05) is 13.1 Å². The van der Waals surface area contributed by atoms with Crippen molar-refractivity contribution in [2.45, 2.75) is 95.5 Å². The molecule has 1 aliphatic carbocycles. The molecule has 1 saturated carbocycles. The van der Waals surface area contributed by atoms with Crippen molar-refractivity contribution in [3.05, 3.63) is 108 Å². The molecule has 0 unspecified atom stereocenters. The van der Waals surface area contributed by atoms with Crippen LogP contribution in [0.2, 0.25) is 0 Å². The minimum absolute atomic E-state index is 0.0120. The number of amides is 1. The van der Waals surface area contributed by atoms with Gasteiger partial charge < -0.3 is 25.0 Å². The highest BCUT2D eigenvalue weighted by atomic mass is 16.7. The van der Waals surface area contributed by atoms with E-state index in [-0.39, 0.29) is 31.1 Å². The summed E-state index contributed by atoms with van der Waals surface area (Å²) in [7, 11) is 0. The van der Waals surface area contributed by atoms with Crippen molar-refractivity contribution in [1.29, 1.82) is 0 Å². The Morgan fingerprint density at radius 1 is 0.894 bits per heavy atom. The van der Waals surface area contributed by atoms with Crippen LogP contribution in [0.5, 0.6) is 0 Å². The Morgan fingerprint density at radius 2 is 1.62 bits per heavy atom. The van der Waals surface area contributed by atoms with Gasteiger partial charge in [0.25, 0.3) is 0 Å². The molecule has 1 saturated heterocycles. The lowest BCUT2D eigenvalue weighted by Crippen LogP contribution is -2.43. The fraction of sp³-hybridized carbons (Fsp3) is 0.436. The molecule has 1 heterocycles. The van der Waals surface area contributed by atoms with Crippen LogP contribution in [-0.4, -0.2) is 52.2 Å². The van der Waals surface area contributed by atoms with E-state index in [0.717, 1.165) is 52.9 Å². The summed E-state index contributed by atoms with van der Waals surface area (Å²) in [5.41, 5.74) is 6.01. The van der Waals surface area contributed by atoms with E-state index >= 15 is 0 Å². The molecule has 0 aromatic heterocycles. The quantitative estimate of drug-likeness (QED) is 0.113. The molecule has 2 fully saturated rings. The van der Waals surface area contributed by atoms with Crippen molar-refractivity contribution < 1.29 is 29.3 Å². The number of aliphatic hydroxyl groups excluding tert-OH is 1. The first-order valence-electron chi connectivity index (χ1n) is 16.9. The highest BCUT2D eigenvalue weighted by Gasteiger charge is 2.34. The third-order valence-corrected chi connectivity index (χ3v) is 9.24. The predicted octanol–water partition coefficient (Wildman–Crippen LogP) is 7.08. The number of nitrogens with one attached hydrogen (secondary N) is 1. The fourth-order valence-corrected chi connectivity index (χ4v) is 6.65. The number of ether oxygens (including phenoxy) is 2. The lowest BCUT2D eigenvalue weighted by Gasteiger charge is -2.39. The first-order chi connectivity index (χ1) is 22.9. The Morgan fingerprint density at radius 3 is 2.32 bits per heavy atom. The van der Waals surface area contributed by atoms with Crippen molar-refractivity contribution in [3.8, 4) is 11.1 Å². The second-order valence-corrected chi connectivity index (χ2v) is 12.7. The van der Waals surface area contributed by atoms with Gasteiger partial charge in [0.15, 0.2) is 6.29 Å². The molecule has 3 aromatic carbocycles. The summed E-state index contributed by atoms with van der Waals surface area (Å²) >= 11 is 0. The lowest BCUT2D eigenvalue weighted by molar-refractivity contribution is -0.253. The number of unbranched alkanes of at least 4 members (excludes halogenated alkanes) is 1. The van der Waals surface area contributed by atoms with Crippen LogP contribution in [0.25, 0.3) is 11.1 Å². The van der Waals surface area contributed by atoms with Gasteiger partial charge in [-0.05, 0) is 59.6 Å². The molecule has 8 heteroatoms. The van der Waals surface area contributed by atoms with Crippen molar-refractivity contribution >= 4 is 11.9 Å². The van der Waals surface area contributed by atoms with Crippen LogP contribution in [0.1, 0.15) is 92.4 Å². The molecule has 8 nitrogen and oxygen atoms in total. The van der Waals surface area contributed by atoms with Gasteiger partial charge in [0.1, 0.15) is 0 Å². The smallest absolute Gasteiger partial charge is 0.303 e. The largest absolute Gasteiger partial charge is 0.481 e. The Labute approximate surface area is 278 Å². The van der Waals surface area contributed by atoms with E-state index in [1.807, 2.05) is 42.5 Å². The summed E-state index contributed by atoms with van der Waals surface area (Å²) in [6.07, 6.45) is 8.53. The average Bonchev–Trinajstić information content (AvgIpc) is 3.64. The summed E-state index contributed by atoms with van der Waals surface area (Å²) in [4.78, 5) is 25.4. The zero-order chi connectivity index (χ0) is 33.0. The van der Waals surface area contributed by atoms with Gasteiger partial charge in [-0.25, -0.2) is 0 Å². The first-order valence-corrected chi connectivity index (χ1v) is 16.9. The number of rotatable bonds is 16. The van der Waals surface area contributed by atoms with Crippen LogP contribution >= 0.6 is 0 Å². The van der Waals surface area contributed by atoms with Crippen LogP contribution in [0.15, 0.2) is 85.5 Å². The standard InChI is InChI=1S/C39H48N2O6/c1-2-22-41(34-10-3-4-11-34)26-35-24-36(31-16-14-28(27-42)15-17-31)47-39(46-35)32-20-18-30(19-21-32)33-9-7-8-29(23-33)25-40-37(43)12-5-6-13-38(44)45/h2,7-9,14-21,23,34-36,39,42H,1,3-6,10-13,22,24-27H2,(H,40,43)(H,44,45)/t35-,36+,39+/m1/s1. The number of carboxylic acids is 1. The fourth-order valence-electron chi connectivity index (χ4n) is 6.65. The molecular weight excluding hydrogens is 592 g/mol. The normalized spacial score (nSPS) is 19.9. The number of aliphatic carboxylic acids is 1. The monoisotopic (exact) mass is 640 g/mol. The number of aliphatic hydroxyl groups is 1. The SMILES string of the molecule is C=CCN(C[C@H]1C[C@@H](c2ccc(CO)cc2)O[C@@H](c2ccc(-c3cccc(CNC(=O)CCCCC(=O)O)c3)cc2)O1)C1CCCC1. The summed E-state index contributed by atoms with van der Waals surface area (Å²) in [6.45, 7) is 6.12. The molecule has 5 rings (SSSR count). The minimum atomic E-state index is -0.835. The molecule has 2 aliphatic rings. The van der Waals surface area contributed by atoms with Gasteiger partial charge in [-0.2, -0.15) is 0 Å². The first kappa shape index (κ1) is 34.5. The third-order valence-electron chi connectivity index (χ3n) is 9.24. The number of nitrogens with zero attached hydrogens (tertiary/aromatic N) is 1. The third kappa shape index (κ3) is 10.1. The maximum atomic E-state index is 12.2. The van der Waals surface area contributed by atoms with Crippen molar-refractivity contribution in [3.63, 3.8) is 0 Å². The topological polar surface area (TPSA) is 108 Å². The molecule has 0 spiro atoms. The van der Waals surface area contributed by atoms with E-state index in [2.05, 4.69) is 53.2 Å². The van der Waals surface area contributed by atoms with Crippen LogP contribution in [0.3, 0.4) is 0 Å². The van der Waals surface area contributed by atoms with Gasteiger partial charge in [0, 0.05) is 50.5 Å². The Bertz CT molecular complexity index is 1450. The average molecular weight is 641 g/mol. The molecule has 3 atom stereocenters. The van der Waals surface area contributed by atoms with Crippen LogP contribution in [-0.2, 0) is 32.2 Å². The zero-order valence-electron chi connectivity index (χ0n) is 27.2. The molecule has 3 N–H and O–H groups in total. The van der Waals surface area contributed by atoms with Gasteiger partial charge in [0.2, 0.25) is 5.91 Å². The van der Waals surface area contributed by atoms with Crippen LogP contribution in [0, 0.1) is 0 Å². The zero-order valence-corrected chi connectivity index (χ0v) is 27.2. The molecular formula is C39H48N2O6. The van der Waals surface area contributed by atoms with Crippen LogP contribution < -0.4 is 5.32 Å². The van der Waals surface area contributed by atoms with Gasteiger partial charge in [-0.1, -0.05) is 85.6 Å². The summed E-state index contributed by atoms with van der Waals surface area (Å²) in [5.74, 6) is -0.910. The molecule has 250 valence electrons. The highest BCUT2D eigenvalue weighted by Crippen LogP contribution is 2.39. The van der Waals surface area contributed by atoms with E-state index in [0.29, 0.717) is 31.8 Å². The number of benzene rings is 3. The minimum Gasteiger partial charge on any atom is -0.481 e. The summed E-state index contributed by atoms with van der Waals surface area (Å²) in [6, 6.07) is 25.0. The Hall–Kier alpha value is -3.82. The summed E-state index contributed by atoms with van der Waals surface area (Å²) in [5, 5.41) is 21.3. The highest BCUT2D eigenvalue weighted by molar-refractivity contribution is 5.76. The van der Waals surface area contributed by atoms with E-state index in [4.69, 9.17) is 14.6 Å². The van der Waals surface area contributed by atoms with E-state index in [9.17, 15) is 14.7 Å². The van der Waals surface area contributed by atoms with E-state index < -0.39 is 12.3 Å². The van der Waals surface area contributed by atoms with Gasteiger partial charge in [0.05, 0.1) is 18.8 Å². The lowest BCUT2D eigenvalue weighted by atomic mass is 9.98. The predicted molar refractivity (Wildman–Crippen MR) is 182 cm³/mol. The second-order valence-electron chi connectivity index (χ2n) is 12.7. The molecule has 1 amide bonds. The van der Waals surface area contributed by atoms with E-state index in [1.165, 1.54) is 25.7 Å². The van der Waals surface area contributed by atoms with Gasteiger partial charge in [-0.3, -0.25) is 14.5 Å². The summed E-state index contributed by atoms with van der Waals surface area (Å²) < 4.78 is 13.3. The molecule has 0 radical (unpaired) electrons. The van der Waals surface area contributed by atoms with E-state index in [1.54, 1.807) is 0 Å². The number of carbonyl (C=O) groups excluding carboxylic acids is 1. The van der Waals surface area contributed by atoms with Gasteiger partial charge >= 0.3 is 5.97 Å². The molecule has 0 bridgehead atoms. The van der Waals surface area contributed by atoms with Crippen LogP contribution in [0.4, 0.5) is 0 Å². The Balaban J connectivity index is 1.26. The maximum absolute atomic E-state index is 12.2. The number of carboxylic acid groups (broad SMARTS) is 1. The number of hydrogen-bond acceptors (Lipinski definition) is 6.